The van der Waals surface area contributed by atoms with E-state index in [1.54, 1.807) is 0 Å². The summed E-state index contributed by atoms with van der Waals surface area (Å²) in [6.07, 6.45) is 1.65. The molecule has 0 saturated carbocycles. The summed E-state index contributed by atoms with van der Waals surface area (Å²) in [5, 5.41) is 11.8. The predicted molar refractivity (Wildman–Crippen MR) is 85.9 cm³/mol. The molecule has 2 aromatic rings. The summed E-state index contributed by atoms with van der Waals surface area (Å²) in [7, 11) is 1.97. The van der Waals surface area contributed by atoms with Gasteiger partial charge in [-0.15, -0.1) is 4.68 Å². The van der Waals surface area contributed by atoms with E-state index in [0.717, 1.165) is 10.9 Å². The van der Waals surface area contributed by atoms with Crippen molar-refractivity contribution in [3.8, 4) is 0 Å². The van der Waals surface area contributed by atoms with Crippen molar-refractivity contribution < 1.29 is 19.3 Å². The molecule has 0 spiro atoms. The van der Waals surface area contributed by atoms with Crippen molar-refractivity contribution in [2.45, 2.75) is 38.5 Å². The number of aryl methyl sites for hydroxylation is 1. The smallest absolute Gasteiger partial charge is 0.410 e. The molecule has 1 saturated heterocycles. The normalized spacial score (nSPS) is 17.2. The van der Waals surface area contributed by atoms with Crippen LogP contribution in [0.25, 0.3) is 10.9 Å². The first kappa shape index (κ1) is 15.8. The summed E-state index contributed by atoms with van der Waals surface area (Å²) in [5.74, 6) is 0. The van der Waals surface area contributed by atoms with Crippen molar-refractivity contribution in [3.63, 3.8) is 0 Å². The van der Waals surface area contributed by atoms with Gasteiger partial charge >= 0.3 is 6.09 Å². The van der Waals surface area contributed by atoms with E-state index in [4.69, 9.17) is 4.74 Å². The summed E-state index contributed by atoms with van der Waals surface area (Å²) in [4.78, 5) is 13.5. The molecule has 0 aliphatic carbocycles. The lowest BCUT2D eigenvalue weighted by Crippen LogP contribution is -2.66. The van der Waals surface area contributed by atoms with Crippen molar-refractivity contribution in [2.24, 2.45) is 7.05 Å². The molecule has 0 atom stereocenters. The Morgan fingerprint density at radius 3 is 2.61 bits per heavy atom. The summed E-state index contributed by atoms with van der Waals surface area (Å²) in [6.45, 7) is 6.52. The van der Waals surface area contributed by atoms with Gasteiger partial charge in [-0.05, 0) is 26.8 Å². The van der Waals surface area contributed by atoms with E-state index < -0.39 is 11.2 Å². The number of carbonyl (C=O) groups excluding carboxylic acids is 1. The lowest BCUT2D eigenvalue weighted by Gasteiger charge is -2.45. The first-order valence-corrected chi connectivity index (χ1v) is 7.81. The molecule has 0 unspecified atom stereocenters. The Morgan fingerprint density at radius 1 is 1.35 bits per heavy atom. The average molecular weight is 318 g/mol. The zero-order valence-corrected chi connectivity index (χ0v) is 14.1. The molecule has 1 fully saturated rings. The molecular formula is C17H24N3O3+. The highest BCUT2D eigenvalue weighted by Crippen LogP contribution is 2.25. The molecule has 23 heavy (non-hydrogen) atoms. The molecule has 1 aromatic heterocycles. The van der Waals surface area contributed by atoms with Crippen LogP contribution in [0.1, 0.15) is 20.8 Å². The highest BCUT2D eigenvalue weighted by Gasteiger charge is 2.46. The molecule has 1 amide bonds. The maximum Gasteiger partial charge on any atom is 0.410 e. The number of para-hydroxylation sites is 1. The second-order valence-corrected chi connectivity index (χ2v) is 7.37. The Balaban J connectivity index is 1.67. The quantitative estimate of drug-likeness (QED) is 0.853. The molecule has 6 nitrogen and oxygen atoms in total. The minimum atomic E-state index is -0.913. The summed E-state index contributed by atoms with van der Waals surface area (Å²) < 4.78 is 9.32. The van der Waals surface area contributed by atoms with Crippen molar-refractivity contribution in [1.29, 1.82) is 0 Å². The fourth-order valence-electron chi connectivity index (χ4n) is 2.95. The number of amides is 1. The SMILES string of the molecule is C[n+]1c2ccccc2cn1CC1(O)CN(C(=O)OC(C)(C)C)C1. The maximum absolute atomic E-state index is 12.0. The van der Waals surface area contributed by atoms with E-state index >= 15 is 0 Å². The molecule has 1 aromatic carbocycles. The zero-order valence-electron chi connectivity index (χ0n) is 14.1. The third-order valence-corrected chi connectivity index (χ3v) is 4.04. The number of rotatable bonds is 2. The minimum Gasteiger partial charge on any atom is -0.444 e. The van der Waals surface area contributed by atoms with Crippen LogP contribution in [0.4, 0.5) is 4.79 Å². The van der Waals surface area contributed by atoms with E-state index in [2.05, 4.69) is 0 Å². The second kappa shape index (κ2) is 5.23. The number of fused-ring (bicyclic) bond motifs is 1. The number of β-amino-alcohol motifs (C(OH)–C–C–N with tert-alkyl or cyclic N) is 1. The standard InChI is InChI=1S/C17H24N3O3/c1-16(2,3)23-15(21)19-10-17(22,11-19)12-20-9-13-7-5-6-8-14(13)18(20)4/h5-9,22H,10-12H2,1-4H3/q+1. The third kappa shape index (κ3) is 3.17. The maximum atomic E-state index is 12.0. The lowest BCUT2D eigenvalue weighted by atomic mass is 9.95. The summed E-state index contributed by atoms with van der Waals surface area (Å²) in [5.41, 5.74) is -0.321. The van der Waals surface area contributed by atoms with Crippen LogP contribution in [-0.4, -0.2) is 45.1 Å². The van der Waals surface area contributed by atoms with Crippen molar-refractivity contribution >= 4 is 17.0 Å². The Kier molecular flexibility index (Phi) is 3.59. The average Bonchev–Trinajstić information content (AvgIpc) is 2.71. The molecule has 1 aliphatic heterocycles. The number of aromatic nitrogens is 2. The van der Waals surface area contributed by atoms with Crippen molar-refractivity contribution in [1.82, 2.24) is 9.58 Å². The Labute approximate surface area is 135 Å². The van der Waals surface area contributed by atoms with Gasteiger partial charge in [-0.1, -0.05) is 12.1 Å². The number of hydrogen-bond donors (Lipinski definition) is 1. The van der Waals surface area contributed by atoms with Gasteiger partial charge in [0.1, 0.15) is 17.7 Å². The van der Waals surface area contributed by atoms with E-state index in [0.29, 0.717) is 6.54 Å². The van der Waals surface area contributed by atoms with Crippen LogP contribution in [0.5, 0.6) is 0 Å². The Hall–Kier alpha value is -2.08. The molecule has 124 valence electrons. The first-order chi connectivity index (χ1) is 10.7. The van der Waals surface area contributed by atoms with E-state index in [-0.39, 0.29) is 19.2 Å². The topological polar surface area (TPSA) is 58.6 Å². The number of nitrogens with zero attached hydrogens (tertiary/aromatic N) is 3. The van der Waals surface area contributed by atoms with Crippen LogP contribution in [0.3, 0.4) is 0 Å². The van der Waals surface area contributed by atoms with Gasteiger partial charge in [0.05, 0.1) is 24.7 Å². The monoisotopic (exact) mass is 318 g/mol. The van der Waals surface area contributed by atoms with Gasteiger partial charge in [0.2, 0.25) is 5.52 Å². The molecular weight excluding hydrogens is 294 g/mol. The first-order valence-electron chi connectivity index (χ1n) is 7.81. The molecule has 2 heterocycles. The van der Waals surface area contributed by atoms with Crippen LogP contribution in [0.15, 0.2) is 30.5 Å². The molecule has 0 radical (unpaired) electrons. The largest absolute Gasteiger partial charge is 0.444 e. The van der Waals surface area contributed by atoms with Crippen LogP contribution < -0.4 is 4.68 Å². The number of ether oxygens (including phenoxy) is 1. The number of carbonyl (C=O) groups is 1. The predicted octanol–water partition coefficient (Wildman–Crippen LogP) is 1.45. The fourth-order valence-corrected chi connectivity index (χ4v) is 2.95. The minimum absolute atomic E-state index is 0.288. The molecule has 1 N–H and O–H groups in total. The van der Waals surface area contributed by atoms with Gasteiger partial charge in [-0.3, -0.25) is 0 Å². The van der Waals surface area contributed by atoms with Gasteiger partial charge in [0.25, 0.3) is 0 Å². The van der Waals surface area contributed by atoms with Crippen LogP contribution in [0.2, 0.25) is 0 Å². The van der Waals surface area contributed by atoms with Gasteiger partial charge in [-0.25, -0.2) is 4.79 Å². The van der Waals surface area contributed by atoms with Gasteiger partial charge in [0.15, 0.2) is 7.05 Å². The van der Waals surface area contributed by atoms with E-state index in [1.807, 2.05) is 67.6 Å². The van der Waals surface area contributed by atoms with Crippen LogP contribution in [-0.2, 0) is 18.3 Å². The number of hydrogen-bond acceptors (Lipinski definition) is 3. The highest BCUT2D eigenvalue weighted by atomic mass is 16.6. The highest BCUT2D eigenvalue weighted by molar-refractivity contribution is 5.74. The lowest BCUT2D eigenvalue weighted by molar-refractivity contribution is -0.732. The number of aliphatic hydroxyl groups is 1. The van der Waals surface area contributed by atoms with E-state index in [1.165, 1.54) is 4.90 Å². The Bertz CT molecular complexity index is 739. The zero-order chi connectivity index (χ0) is 16.8. The molecule has 1 aliphatic rings. The van der Waals surface area contributed by atoms with Gasteiger partial charge in [0, 0.05) is 6.07 Å². The van der Waals surface area contributed by atoms with E-state index in [9.17, 15) is 9.90 Å². The fraction of sp³-hybridized carbons (Fsp3) is 0.529. The Morgan fingerprint density at radius 2 is 2.00 bits per heavy atom. The molecule has 6 heteroatoms. The number of likely N-dealkylation sites (tertiary alicyclic amines) is 1. The second-order valence-electron chi connectivity index (χ2n) is 7.37. The van der Waals surface area contributed by atoms with Crippen LogP contribution >= 0.6 is 0 Å². The number of benzene rings is 1. The van der Waals surface area contributed by atoms with Gasteiger partial charge < -0.3 is 14.7 Å². The van der Waals surface area contributed by atoms with Crippen molar-refractivity contribution in [2.75, 3.05) is 13.1 Å². The summed E-state index contributed by atoms with van der Waals surface area (Å²) >= 11 is 0. The van der Waals surface area contributed by atoms with Crippen LogP contribution in [0, 0.1) is 0 Å². The summed E-state index contributed by atoms with van der Waals surface area (Å²) in [6, 6.07) is 8.08. The molecule has 3 rings (SSSR count). The van der Waals surface area contributed by atoms with Crippen molar-refractivity contribution in [3.05, 3.63) is 30.5 Å². The third-order valence-electron chi connectivity index (χ3n) is 4.04. The van der Waals surface area contributed by atoms with Gasteiger partial charge in [-0.2, -0.15) is 4.68 Å². The molecule has 0 bridgehead atoms.